The van der Waals surface area contributed by atoms with Gasteiger partial charge in [-0.1, -0.05) is 30.3 Å². The molecular weight excluding hydrogens is 292 g/mol. The molecule has 0 aromatic heterocycles. The SMILES string of the molecule is COC(=O)c1cc(C)c2c(c1)C[C@H](COCc1ccccc1)O2. The first-order valence-corrected chi connectivity index (χ1v) is 7.67. The molecule has 0 spiro atoms. The van der Waals surface area contributed by atoms with Crippen molar-refractivity contribution >= 4 is 5.97 Å². The minimum absolute atomic E-state index is 0.0136. The van der Waals surface area contributed by atoms with Crippen molar-refractivity contribution < 1.29 is 19.0 Å². The predicted molar refractivity (Wildman–Crippen MR) is 86.7 cm³/mol. The maximum absolute atomic E-state index is 11.7. The molecule has 4 nitrogen and oxygen atoms in total. The van der Waals surface area contributed by atoms with Gasteiger partial charge in [0.1, 0.15) is 11.9 Å². The molecule has 0 aliphatic carbocycles. The molecule has 0 N–H and O–H groups in total. The average molecular weight is 312 g/mol. The Morgan fingerprint density at radius 3 is 2.78 bits per heavy atom. The summed E-state index contributed by atoms with van der Waals surface area (Å²) in [5, 5.41) is 0. The van der Waals surface area contributed by atoms with Crippen molar-refractivity contribution in [3.63, 3.8) is 0 Å². The van der Waals surface area contributed by atoms with Gasteiger partial charge in [-0.25, -0.2) is 4.79 Å². The lowest BCUT2D eigenvalue weighted by molar-refractivity contribution is 0.0508. The number of ether oxygens (including phenoxy) is 3. The number of esters is 1. The van der Waals surface area contributed by atoms with Gasteiger partial charge in [-0.15, -0.1) is 0 Å². The maximum atomic E-state index is 11.7. The summed E-state index contributed by atoms with van der Waals surface area (Å²) in [6.07, 6.45) is 0.732. The van der Waals surface area contributed by atoms with Crippen molar-refractivity contribution in [1.82, 2.24) is 0 Å². The molecule has 1 aliphatic heterocycles. The molecule has 0 saturated carbocycles. The molecule has 1 heterocycles. The van der Waals surface area contributed by atoms with Gasteiger partial charge < -0.3 is 14.2 Å². The number of hydrogen-bond donors (Lipinski definition) is 0. The van der Waals surface area contributed by atoms with E-state index < -0.39 is 0 Å². The van der Waals surface area contributed by atoms with E-state index in [1.165, 1.54) is 7.11 Å². The molecule has 23 heavy (non-hydrogen) atoms. The number of benzene rings is 2. The second-order valence-corrected chi connectivity index (χ2v) is 5.72. The molecular formula is C19H20O4. The summed E-state index contributed by atoms with van der Waals surface area (Å²) in [5.41, 5.74) is 3.71. The molecule has 1 aliphatic rings. The molecule has 1 atom stereocenters. The molecule has 0 radical (unpaired) electrons. The van der Waals surface area contributed by atoms with Gasteiger partial charge in [0.2, 0.25) is 0 Å². The molecule has 4 heteroatoms. The third-order valence-electron chi connectivity index (χ3n) is 3.92. The van der Waals surface area contributed by atoms with Crippen molar-refractivity contribution in [1.29, 1.82) is 0 Å². The van der Waals surface area contributed by atoms with Crippen LogP contribution < -0.4 is 4.74 Å². The highest BCUT2D eigenvalue weighted by Crippen LogP contribution is 2.33. The third kappa shape index (κ3) is 3.54. The van der Waals surface area contributed by atoms with Gasteiger partial charge in [-0.2, -0.15) is 0 Å². The Morgan fingerprint density at radius 1 is 1.26 bits per heavy atom. The van der Waals surface area contributed by atoms with Crippen LogP contribution in [0, 0.1) is 6.92 Å². The smallest absolute Gasteiger partial charge is 0.337 e. The van der Waals surface area contributed by atoms with Crippen molar-refractivity contribution in [2.45, 2.75) is 26.1 Å². The van der Waals surface area contributed by atoms with E-state index in [9.17, 15) is 4.79 Å². The van der Waals surface area contributed by atoms with E-state index >= 15 is 0 Å². The summed E-state index contributed by atoms with van der Waals surface area (Å²) in [7, 11) is 1.39. The molecule has 3 rings (SSSR count). The number of carbonyl (C=O) groups excluding carboxylic acids is 1. The maximum Gasteiger partial charge on any atom is 0.337 e. The van der Waals surface area contributed by atoms with Crippen LogP contribution in [0.15, 0.2) is 42.5 Å². The largest absolute Gasteiger partial charge is 0.487 e. The molecule has 0 unspecified atom stereocenters. The average Bonchev–Trinajstić information content (AvgIpc) is 2.98. The second-order valence-electron chi connectivity index (χ2n) is 5.72. The summed E-state index contributed by atoms with van der Waals surface area (Å²) in [6.45, 7) is 3.04. The quantitative estimate of drug-likeness (QED) is 0.795. The highest BCUT2D eigenvalue weighted by atomic mass is 16.5. The fourth-order valence-corrected chi connectivity index (χ4v) is 2.83. The highest BCUT2D eigenvalue weighted by molar-refractivity contribution is 5.90. The van der Waals surface area contributed by atoms with Crippen LogP contribution in [0.25, 0.3) is 0 Å². The van der Waals surface area contributed by atoms with E-state index in [-0.39, 0.29) is 12.1 Å². The fraction of sp³-hybridized carbons (Fsp3) is 0.316. The zero-order valence-electron chi connectivity index (χ0n) is 13.4. The van der Waals surface area contributed by atoms with Crippen LogP contribution in [0.2, 0.25) is 0 Å². The summed E-state index contributed by atoms with van der Waals surface area (Å²) >= 11 is 0. The lowest BCUT2D eigenvalue weighted by atomic mass is 10.0. The van der Waals surface area contributed by atoms with Crippen molar-refractivity contribution in [2.24, 2.45) is 0 Å². The number of methoxy groups -OCH3 is 1. The van der Waals surface area contributed by atoms with Gasteiger partial charge in [0.15, 0.2) is 0 Å². The van der Waals surface area contributed by atoms with Crippen LogP contribution in [0.1, 0.15) is 27.0 Å². The van der Waals surface area contributed by atoms with E-state index in [4.69, 9.17) is 14.2 Å². The van der Waals surface area contributed by atoms with Crippen LogP contribution in [0.3, 0.4) is 0 Å². The molecule has 0 saturated heterocycles. The highest BCUT2D eigenvalue weighted by Gasteiger charge is 2.26. The Labute approximate surface area is 136 Å². The van der Waals surface area contributed by atoms with Gasteiger partial charge in [0.05, 0.1) is 25.9 Å². The van der Waals surface area contributed by atoms with Crippen LogP contribution >= 0.6 is 0 Å². The lowest BCUT2D eigenvalue weighted by Crippen LogP contribution is -2.20. The summed E-state index contributed by atoms with van der Waals surface area (Å²) in [6, 6.07) is 13.7. The molecule has 0 amide bonds. The van der Waals surface area contributed by atoms with Crippen LogP contribution in [-0.2, 0) is 22.5 Å². The Balaban J connectivity index is 1.60. The standard InChI is InChI=1S/C19H20O4/c1-13-8-16(19(20)21-2)9-15-10-17(23-18(13)15)12-22-11-14-6-4-3-5-7-14/h3-9,17H,10-12H2,1-2H3/t17-/m1/s1. The number of rotatable bonds is 5. The van der Waals surface area contributed by atoms with E-state index in [0.717, 1.165) is 28.9 Å². The van der Waals surface area contributed by atoms with Gasteiger partial charge in [-0.05, 0) is 35.7 Å². The predicted octanol–water partition coefficient (Wildman–Crippen LogP) is 3.30. The zero-order valence-corrected chi connectivity index (χ0v) is 13.4. The molecule has 120 valence electrons. The third-order valence-corrected chi connectivity index (χ3v) is 3.92. The van der Waals surface area contributed by atoms with Gasteiger partial charge >= 0.3 is 5.97 Å². The summed E-state index contributed by atoms with van der Waals surface area (Å²) in [4.78, 5) is 11.7. The fourth-order valence-electron chi connectivity index (χ4n) is 2.83. The number of carbonyl (C=O) groups is 1. The van der Waals surface area contributed by atoms with Gasteiger partial charge in [0, 0.05) is 6.42 Å². The van der Waals surface area contributed by atoms with Crippen LogP contribution in [0.5, 0.6) is 5.75 Å². The topological polar surface area (TPSA) is 44.8 Å². The Bertz CT molecular complexity index is 694. The van der Waals surface area contributed by atoms with Crippen molar-refractivity contribution in [2.75, 3.05) is 13.7 Å². The summed E-state index contributed by atoms with van der Waals surface area (Å²) < 4.78 is 16.5. The van der Waals surface area contributed by atoms with Crippen LogP contribution in [0.4, 0.5) is 0 Å². The Kier molecular flexibility index (Phi) is 4.63. The van der Waals surface area contributed by atoms with E-state index in [0.29, 0.717) is 18.8 Å². The second kappa shape index (κ2) is 6.84. The number of fused-ring (bicyclic) bond motifs is 1. The zero-order chi connectivity index (χ0) is 16.2. The summed E-state index contributed by atoms with van der Waals surface area (Å²) in [5.74, 6) is 0.547. The van der Waals surface area contributed by atoms with Crippen molar-refractivity contribution in [3.8, 4) is 5.75 Å². The minimum atomic E-state index is -0.320. The van der Waals surface area contributed by atoms with E-state index in [1.807, 2.05) is 43.3 Å². The molecule has 2 aromatic carbocycles. The van der Waals surface area contributed by atoms with E-state index in [1.54, 1.807) is 6.07 Å². The molecule has 0 bridgehead atoms. The monoisotopic (exact) mass is 312 g/mol. The van der Waals surface area contributed by atoms with Gasteiger partial charge in [-0.3, -0.25) is 0 Å². The van der Waals surface area contributed by atoms with Gasteiger partial charge in [0.25, 0.3) is 0 Å². The lowest BCUT2D eigenvalue weighted by Gasteiger charge is -2.12. The normalized spacial score (nSPS) is 15.8. The van der Waals surface area contributed by atoms with Crippen molar-refractivity contribution in [3.05, 3.63) is 64.7 Å². The Hall–Kier alpha value is -2.33. The number of hydrogen-bond acceptors (Lipinski definition) is 4. The number of aryl methyl sites for hydroxylation is 1. The molecule has 2 aromatic rings. The first-order valence-electron chi connectivity index (χ1n) is 7.67. The minimum Gasteiger partial charge on any atom is -0.487 e. The molecule has 0 fully saturated rings. The Morgan fingerprint density at radius 2 is 2.04 bits per heavy atom. The first-order chi connectivity index (χ1) is 11.2. The van der Waals surface area contributed by atoms with E-state index in [2.05, 4.69) is 0 Å². The first kappa shape index (κ1) is 15.6. The van der Waals surface area contributed by atoms with Crippen LogP contribution in [-0.4, -0.2) is 25.8 Å².